The van der Waals surface area contributed by atoms with Crippen molar-refractivity contribution in [3.05, 3.63) is 108 Å². The van der Waals surface area contributed by atoms with Crippen molar-refractivity contribution in [2.75, 3.05) is 6.38 Å². The van der Waals surface area contributed by atoms with Crippen molar-refractivity contribution < 1.29 is 0 Å². The van der Waals surface area contributed by atoms with Crippen LogP contribution in [-0.2, 0) is 19.6 Å². The van der Waals surface area contributed by atoms with Crippen LogP contribution in [-0.4, -0.2) is 11.3 Å². The lowest BCUT2D eigenvalue weighted by atomic mass is 10.1. The topological polar surface area (TPSA) is 3.24 Å². The standard InChI is InChI=1S/C21H21N.CH3Cl/c1-4-10-19(11-5-1)16-22(17-20-12-6-2-7-13-20)18-21-14-8-3-9-15-21;1-2/h1-15H,16-18H2;1H3. The molecular weight excluding hydrogens is 314 g/mol. The van der Waals surface area contributed by atoms with E-state index in [1.165, 1.54) is 23.1 Å². The molecule has 0 saturated carbocycles. The summed E-state index contributed by atoms with van der Waals surface area (Å²) in [5, 5.41) is 0. The Morgan fingerprint density at radius 3 is 1.00 bits per heavy atom. The number of halogens is 1. The van der Waals surface area contributed by atoms with Gasteiger partial charge in [0.15, 0.2) is 0 Å². The van der Waals surface area contributed by atoms with Gasteiger partial charge in [0.2, 0.25) is 0 Å². The van der Waals surface area contributed by atoms with Crippen molar-refractivity contribution in [2.45, 2.75) is 19.6 Å². The highest BCUT2D eigenvalue weighted by Gasteiger charge is 2.08. The predicted molar refractivity (Wildman–Crippen MR) is 104 cm³/mol. The molecule has 0 aromatic heterocycles. The monoisotopic (exact) mass is 337 g/mol. The molecule has 0 heterocycles. The first-order chi connectivity index (χ1) is 11.9. The maximum Gasteiger partial charge on any atom is 0.0240 e. The van der Waals surface area contributed by atoms with Crippen LogP contribution in [0.15, 0.2) is 91.0 Å². The summed E-state index contributed by atoms with van der Waals surface area (Å²) in [7, 11) is 0. The van der Waals surface area contributed by atoms with Gasteiger partial charge in [0.1, 0.15) is 0 Å². The SMILES string of the molecule is CCl.c1ccc(CN(Cc2ccccc2)Cc2ccccc2)cc1. The summed E-state index contributed by atoms with van der Waals surface area (Å²) < 4.78 is 0. The lowest BCUT2D eigenvalue weighted by molar-refractivity contribution is 0.247. The van der Waals surface area contributed by atoms with E-state index < -0.39 is 0 Å². The van der Waals surface area contributed by atoms with Gasteiger partial charge in [0.05, 0.1) is 0 Å². The molecule has 0 aliphatic rings. The quantitative estimate of drug-likeness (QED) is 0.518. The lowest BCUT2D eigenvalue weighted by Crippen LogP contribution is -2.22. The first-order valence-corrected chi connectivity index (χ1v) is 8.88. The van der Waals surface area contributed by atoms with E-state index in [0.717, 1.165) is 19.6 Å². The third-order valence-corrected chi connectivity index (χ3v) is 3.75. The number of benzene rings is 3. The molecule has 0 amide bonds. The Balaban J connectivity index is 0.00000100. The smallest absolute Gasteiger partial charge is 0.0240 e. The van der Waals surface area contributed by atoms with E-state index >= 15 is 0 Å². The maximum absolute atomic E-state index is 4.64. The Morgan fingerprint density at radius 1 is 0.500 bits per heavy atom. The van der Waals surface area contributed by atoms with E-state index in [1.807, 2.05) is 0 Å². The average Bonchev–Trinajstić information content (AvgIpc) is 2.66. The minimum Gasteiger partial charge on any atom is -0.291 e. The van der Waals surface area contributed by atoms with Crippen molar-refractivity contribution in [1.29, 1.82) is 0 Å². The molecule has 0 unspecified atom stereocenters. The second-order valence-electron chi connectivity index (χ2n) is 5.60. The van der Waals surface area contributed by atoms with Crippen LogP contribution in [0.25, 0.3) is 0 Å². The zero-order valence-corrected chi connectivity index (χ0v) is 14.9. The van der Waals surface area contributed by atoms with Crippen LogP contribution in [0.2, 0.25) is 0 Å². The fourth-order valence-corrected chi connectivity index (χ4v) is 2.69. The minimum atomic E-state index is 0.963. The third kappa shape index (κ3) is 6.19. The summed E-state index contributed by atoms with van der Waals surface area (Å²) in [4.78, 5) is 2.49. The molecule has 3 aromatic carbocycles. The zero-order valence-electron chi connectivity index (χ0n) is 14.1. The molecule has 0 N–H and O–H groups in total. The Labute approximate surface area is 150 Å². The van der Waals surface area contributed by atoms with Crippen molar-refractivity contribution in [3.63, 3.8) is 0 Å². The van der Waals surface area contributed by atoms with Gasteiger partial charge in [0, 0.05) is 26.0 Å². The van der Waals surface area contributed by atoms with Gasteiger partial charge < -0.3 is 0 Å². The Morgan fingerprint density at radius 2 is 0.750 bits per heavy atom. The molecule has 3 rings (SSSR count). The first kappa shape index (κ1) is 18.3. The molecule has 0 aliphatic carbocycles. The molecule has 124 valence electrons. The van der Waals surface area contributed by atoms with Gasteiger partial charge in [-0.05, 0) is 16.7 Å². The summed E-state index contributed by atoms with van der Waals surface area (Å²) in [5.74, 6) is 0. The van der Waals surface area contributed by atoms with Gasteiger partial charge in [0.25, 0.3) is 0 Å². The summed E-state index contributed by atoms with van der Waals surface area (Å²) in [6.45, 7) is 2.89. The van der Waals surface area contributed by atoms with Crippen LogP contribution < -0.4 is 0 Å². The second kappa shape index (κ2) is 10.6. The van der Waals surface area contributed by atoms with Crippen LogP contribution in [0.1, 0.15) is 16.7 Å². The van der Waals surface area contributed by atoms with Gasteiger partial charge in [-0.3, -0.25) is 4.90 Å². The normalized spacial score (nSPS) is 10.1. The van der Waals surface area contributed by atoms with Crippen LogP contribution in [0.4, 0.5) is 0 Å². The highest BCUT2D eigenvalue weighted by Crippen LogP contribution is 2.14. The summed E-state index contributed by atoms with van der Waals surface area (Å²) >= 11 is 4.64. The molecular formula is C22H24ClN. The van der Waals surface area contributed by atoms with Gasteiger partial charge in [-0.15, -0.1) is 11.6 Å². The number of nitrogens with zero attached hydrogens (tertiary/aromatic N) is 1. The van der Waals surface area contributed by atoms with E-state index in [9.17, 15) is 0 Å². The number of alkyl halides is 1. The van der Waals surface area contributed by atoms with E-state index in [1.54, 1.807) is 0 Å². The summed E-state index contributed by atoms with van der Waals surface area (Å²) in [5.41, 5.74) is 4.07. The summed E-state index contributed by atoms with van der Waals surface area (Å²) in [6.07, 6.45) is 1.47. The number of hydrogen-bond donors (Lipinski definition) is 0. The van der Waals surface area contributed by atoms with Crippen LogP contribution >= 0.6 is 11.6 Å². The molecule has 0 aliphatic heterocycles. The molecule has 0 spiro atoms. The van der Waals surface area contributed by atoms with E-state index in [-0.39, 0.29) is 0 Å². The molecule has 2 heteroatoms. The molecule has 0 radical (unpaired) electrons. The van der Waals surface area contributed by atoms with Crippen LogP contribution in [0.3, 0.4) is 0 Å². The fraction of sp³-hybridized carbons (Fsp3) is 0.182. The zero-order chi connectivity index (χ0) is 17.0. The predicted octanol–water partition coefficient (Wildman–Crippen LogP) is 5.74. The molecule has 1 nitrogen and oxygen atoms in total. The van der Waals surface area contributed by atoms with Crippen molar-refractivity contribution in [3.8, 4) is 0 Å². The van der Waals surface area contributed by atoms with Gasteiger partial charge in [-0.1, -0.05) is 91.0 Å². The van der Waals surface area contributed by atoms with Gasteiger partial charge >= 0.3 is 0 Å². The maximum atomic E-state index is 4.64. The first-order valence-electron chi connectivity index (χ1n) is 8.12. The second-order valence-corrected chi connectivity index (χ2v) is 5.60. The largest absolute Gasteiger partial charge is 0.291 e. The highest BCUT2D eigenvalue weighted by molar-refractivity contribution is 6.15. The minimum absolute atomic E-state index is 0.963. The molecule has 24 heavy (non-hydrogen) atoms. The van der Waals surface area contributed by atoms with E-state index in [2.05, 4.69) is 107 Å². The Hall–Kier alpha value is -2.09. The van der Waals surface area contributed by atoms with E-state index in [0.29, 0.717) is 0 Å². The van der Waals surface area contributed by atoms with Crippen molar-refractivity contribution in [1.82, 2.24) is 4.90 Å². The van der Waals surface area contributed by atoms with Crippen LogP contribution in [0, 0.1) is 0 Å². The van der Waals surface area contributed by atoms with E-state index in [4.69, 9.17) is 0 Å². The molecule has 3 aromatic rings. The average molecular weight is 338 g/mol. The highest BCUT2D eigenvalue weighted by atomic mass is 35.5. The lowest BCUT2D eigenvalue weighted by Gasteiger charge is -2.23. The Bertz CT molecular complexity index is 569. The molecule has 0 saturated heterocycles. The Kier molecular flexibility index (Phi) is 8.09. The van der Waals surface area contributed by atoms with Gasteiger partial charge in [-0.2, -0.15) is 0 Å². The molecule has 0 atom stereocenters. The van der Waals surface area contributed by atoms with Crippen LogP contribution in [0.5, 0.6) is 0 Å². The van der Waals surface area contributed by atoms with Crippen molar-refractivity contribution in [2.24, 2.45) is 0 Å². The van der Waals surface area contributed by atoms with Crippen molar-refractivity contribution >= 4 is 11.6 Å². The molecule has 0 bridgehead atoms. The number of rotatable bonds is 6. The fourth-order valence-electron chi connectivity index (χ4n) is 2.69. The molecule has 0 fully saturated rings. The number of hydrogen-bond acceptors (Lipinski definition) is 1. The van der Waals surface area contributed by atoms with Gasteiger partial charge in [-0.25, -0.2) is 0 Å². The summed E-state index contributed by atoms with van der Waals surface area (Å²) in [6, 6.07) is 32.1. The third-order valence-electron chi connectivity index (χ3n) is 3.75.